The monoisotopic (exact) mass is 314 g/mol. The van der Waals surface area contributed by atoms with Gasteiger partial charge in [0, 0.05) is 6.20 Å². The number of pyridine rings is 1. The van der Waals surface area contributed by atoms with Gasteiger partial charge in [0.05, 0.1) is 30.8 Å². The molecule has 6 heteroatoms. The second-order valence-corrected chi connectivity index (χ2v) is 6.53. The molecule has 0 unspecified atom stereocenters. The summed E-state index contributed by atoms with van der Waals surface area (Å²) in [5.41, 5.74) is 2.55. The topological polar surface area (TPSA) is 58.9 Å². The Morgan fingerprint density at radius 2 is 2.13 bits per heavy atom. The van der Waals surface area contributed by atoms with Crippen molar-refractivity contribution in [2.24, 2.45) is 0 Å². The van der Waals surface area contributed by atoms with Crippen LogP contribution in [-0.4, -0.2) is 58.8 Å². The Hall–Kier alpha value is -1.92. The Balaban J connectivity index is 1.49. The van der Waals surface area contributed by atoms with E-state index < -0.39 is 0 Å². The molecule has 2 fully saturated rings. The standard InChI is InChI=1S/C17H22N4O2/c1-12-4-7-21-13(8-12)9-14(19-21)17(22)18-15-10-23-11-16(15)20-5-2-3-6-20/h4,7-9,15-16H,2-3,5-6,10-11H2,1H3,(H,18,22)/t15-,16-/m0/s1. The third-order valence-corrected chi connectivity index (χ3v) is 4.83. The molecule has 1 amide bonds. The SMILES string of the molecule is Cc1ccn2nc(C(=O)N[C@H]3COC[C@@H]3N3CCCC3)cc2c1. The summed E-state index contributed by atoms with van der Waals surface area (Å²) >= 11 is 0. The average Bonchev–Trinajstić information content (AvgIpc) is 3.26. The molecule has 2 aromatic rings. The first-order valence-corrected chi connectivity index (χ1v) is 8.29. The van der Waals surface area contributed by atoms with Gasteiger partial charge < -0.3 is 10.1 Å². The van der Waals surface area contributed by atoms with Crippen LogP contribution in [0.15, 0.2) is 24.4 Å². The highest BCUT2D eigenvalue weighted by molar-refractivity contribution is 5.93. The molecule has 0 aromatic carbocycles. The van der Waals surface area contributed by atoms with E-state index in [1.807, 2.05) is 31.3 Å². The number of ether oxygens (including phenoxy) is 1. The van der Waals surface area contributed by atoms with Gasteiger partial charge in [0.1, 0.15) is 0 Å². The van der Waals surface area contributed by atoms with E-state index in [0.717, 1.165) is 24.2 Å². The zero-order valence-corrected chi connectivity index (χ0v) is 13.4. The Kier molecular flexibility index (Phi) is 3.79. The maximum absolute atomic E-state index is 12.6. The fourth-order valence-corrected chi connectivity index (χ4v) is 3.57. The van der Waals surface area contributed by atoms with E-state index in [2.05, 4.69) is 15.3 Å². The van der Waals surface area contributed by atoms with Gasteiger partial charge in [0.2, 0.25) is 0 Å². The summed E-state index contributed by atoms with van der Waals surface area (Å²) in [6.45, 7) is 5.53. The van der Waals surface area contributed by atoms with E-state index in [1.165, 1.54) is 12.8 Å². The van der Waals surface area contributed by atoms with Crippen molar-refractivity contribution in [2.45, 2.75) is 31.8 Å². The van der Waals surface area contributed by atoms with E-state index in [-0.39, 0.29) is 11.9 Å². The molecule has 0 radical (unpaired) electrons. The predicted molar refractivity (Wildman–Crippen MR) is 86.6 cm³/mol. The predicted octanol–water partition coefficient (Wildman–Crippen LogP) is 1.24. The molecule has 6 nitrogen and oxygen atoms in total. The van der Waals surface area contributed by atoms with Crippen LogP contribution < -0.4 is 5.32 Å². The number of amides is 1. The zero-order chi connectivity index (χ0) is 15.8. The fourth-order valence-electron chi connectivity index (χ4n) is 3.57. The lowest BCUT2D eigenvalue weighted by molar-refractivity contribution is 0.0911. The van der Waals surface area contributed by atoms with Gasteiger partial charge in [0.15, 0.2) is 5.69 Å². The second kappa shape index (κ2) is 5.94. The number of fused-ring (bicyclic) bond motifs is 1. The van der Waals surface area contributed by atoms with Crippen molar-refractivity contribution in [3.05, 3.63) is 35.7 Å². The molecule has 2 aromatic heterocycles. The highest BCUT2D eigenvalue weighted by Crippen LogP contribution is 2.19. The van der Waals surface area contributed by atoms with Crippen molar-refractivity contribution in [3.8, 4) is 0 Å². The zero-order valence-electron chi connectivity index (χ0n) is 13.4. The van der Waals surface area contributed by atoms with Crippen molar-refractivity contribution < 1.29 is 9.53 Å². The van der Waals surface area contributed by atoms with E-state index in [9.17, 15) is 4.79 Å². The number of aryl methyl sites for hydroxylation is 1. The molecule has 122 valence electrons. The minimum atomic E-state index is -0.119. The van der Waals surface area contributed by atoms with Gasteiger partial charge in [-0.3, -0.25) is 9.69 Å². The molecule has 4 rings (SSSR count). The number of carbonyl (C=O) groups is 1. The number of nitrogens with one attached hydrogen (secondary N) is 1. The highest BCUT2D eigenvalue weighted by atomic mass is 16.5. The number of hydrogen-bond acceptors (Lipinski definition) is 4. The molecule has 4 heterocycles. The molecule has 2 aliphatic rings. The second-order valence-electron chi connectivity index (χ2n) is 6.53. The molecule has 0 saturated carbocycles. The van der Waals surface area contributed by atoms with Crippen LogP contribution in [0, 0.1) is 6.92 Å². The van der Waals surface area contributed by atoms with Crippen molar-refractivity contribution >= 4 is 11.4 Å². The fraction of sp³-hybridized carbons (Fsp3) is 0.529. The lowest BCUT2D eigenvalue weighted by atomic mass is 10.1. The van der Waals surface area contributed by atoms with Gasteiger partial charge in [-0.05, 0) is 56.6 Å². The van der Waals surface area contributed by atoms with E-state index in [0.29, 0.717) is 24.9 Å². The highest BCUT2D eigenvalue weighted by Gasteiger charge is 2.35. The van der Waals surface area contributed by atoms with Gasteiger partial charge in [0.25, 0.3) is 5.91 Å². The summed E-state index contributed by atoms with van der Waals surface area (Å²) < 4.78 is 7.35. The van der Waals surface area contributed by atoms with E-state index in [1.54, 1.807) is 4.52 Å². The van der Waals surface area contributed by atoms with Gasteiger partial charge in [-0.1, -0.05) is 0 Å². The number of carbonyl (C=O) groups excluding carboxylic acids is 1. The Labute approximate surface area is 135 Å². The first-order chi connectivity index (χ1) is 11.2. The third kappa shape index (κ3) is 2.84. The molecular weight excluding hydrogens is 292 g/mol. The van der Waals surface area contributed by atoms with Gasteiger partial charge >= 0.3 is 0 Å². The van der Waals surface area contributed by atoms with Crippen LogP contribution in [0.25, 0.3) is 5.52 Å². The number of nitrogens with zero attached hydrogens (tertiary/aromatic N) is 3. The molecule has 0 aliphatic carbocycles. The minimum Gasteiger partial charge on any atom is -0.378 e. The number of rotatable bonds is 3. The van der Waals surface area contributed by atoms with Gasteiger partial charge in [-0.25, -0.2) is 4.52 Å². The average molecular weight is 314 g/mol. The Morgan fingerprint density at radius 1 is 1.30 bits per heavy atom. The van der Waals surface area contributed by atoms with Crippen LogP contribution in [0.3, 0.4) is 0 Å². The third-order valence-electron chi connectivity index (χ3n) is 4.83. The number of hydrogen-bond donors (Lipinski definition) is 1. The lowest BCUT2D eigenvalue weighted by Crippen LogP contribution is -2.50. The van der Waals surface area contributed by atoms with E-state index in [4.69, 9.17) is 4.74 Å². The quantitative estimate of drug-likeness (QED) is 0.926. The molecule has 0 spiro atoms. The van der Waals surface area contributed by atoms with E-state index >= 15 is 0 Å². The Morgan fingerprint density at radius 3 is 2.96 bits per heavy atom. The van der Waals surface area contributed by atoms with Crippen LogP contribution in [0.1, 0.15) is 28.9 Å². The first-order valence-electron chi connectivity index (χ1n) is 8.29. The van der Waals surface area contributed by atoms with Crippen LogP contribution in [-0.2, 0) is 4.74 Å². The van der Waals surface area contributed by atoms with Crippen LogP contribution >= 0.6 is 0 Å². The van der Waals surface area contributed by atoms with Gasteiger partial charge in [-0.15, -0.1) is 0 Å². The molecule has 2 aliphatic heterocycles. The molecule has 0 bridgehead atoms. The van der Waals surface area contributed by atoms with Crippen molar-refractivity contribution in [3.63, 3.8) is 0 Å². The van der Waals surface area contributed by atoms with Crippen LogP contribution in [0.4, 0.5) is 0 Å². The lowest BCUT2D eigenvalue weighted by Gasteiger charge is -2.27. The number of aromatic nitrogens is 2. The maximum Gasteiger partial charge on any atom is 0.272 e. The molecule has 2 saturated heterocycles. The summed E-state index contributed by atoms with van der Waals surface area (Å²) in [6.07, 6.45) is 4.36. The first kappa shape index (κ1) is 14.7. The normalized spacial score (nSPS) is 25.3. The molecule has 23 heavy (non-hydrogen) atoms. The molecule has 1 N–H and O–H groups in total. The largest absolute Gasteiger partial charge is 0.378 e. The van der Waals surface area contributed by atoms with Gasteiger partial charge in [-0.2, -0.15) is 5.10 Å². The summed E-state index contributed by atoms with van der Waals surface area (Å²) in [6, 6.07) is 6.18. The van der Waals surface area contributed by atoms with Crippen LogP contribution in [0.5, 0.6) is 0 Å². The summed E-state index contributed by atoms with van der Waals surface area (Å²) in [5.74, 6) is -0.119. The van der Waals surface area contributed by atoms with Crippen molar-refractivity contribution in [1.82, 2.24) is 19.8 Å². The number of likely N-dealkylation sites (tertiary alicyclic amines) is 1. The summed E-state index contributed by atoms with van der Waals surface area (Å²) in [4.78, 5) is 15.0. The van der Waals surface area contributed by atoms with Crippen molar-refractivity contribution in [2.75, 3.05) is 26.3 Å². The van der Waals surface area contributed by atoms with Crippen LogP contribution in [0.2, 0.25) is 0 Å². The molecular formula is C17H22N4O2. The smallest absolute Gasteiger partial charge is 0.272 e. The maximum atomic E-state index is 12.6. The summed E-state index contributed by atoms with van der Waals surface area (Å²) in [5, 5.41) is 7.48. The molecule has 2 atom stereocenters. The minimum absolute atomic E-state index is 0.0483. The Bertz CT molecular complexity index is 720. The summed E-state index contributed by atoms with van der Waals surface area (Å²) in [7, 11) is 0. The van der Waals surface area contributed by atoms with Crippen molar-refractivity contribution in [1.29, 1.82) is 0 Å².